The predicted octanol–water partition coefficient (Wildman–Crippen LogP) is 13.2. The molecule has 0 saturated heterocycles. The van der Waals surface area contributed by atoms with Gasteiger partial charge in [0.1, 0.15) is 11.2 Å². The van der Waals surface area contributed by atoms with Gasteiger partial charge < -0.3 is 13.6 Å². The zero-order valence-electron chi connectivity index (χ0n) is 28.4. The third-order valence-electron chi connectivity index (χ3n) is 11.3. The van der Waals surface area contributed by atoms with Gasteiger partial charge in [0.05, 0.1) is 35.2 Å². The number of rotatable bonds is 2. The lowest BCUT2D eigenvalue weighted by molar-refractivity contribution is 0.666. The van der Waals surface area contributed by atoms with E-state index >= 15 is 0 Å². The minimum Gasteiger partial charge on any atom is -0.456 e. The molecule has 0 radical (unpaired) electrons. The minimum atomic E-state index is -0.231. The van der Waals surface area contributed by atoms with E-state index in [1.165, 1.54) is 27.5 Å². The van der Waals surface area contributed by atoms with Gasteiger partial charge >= 0.3 is 0 Å². The van der Waals surface area contributed by atoms with E-state index in [1.54, 1.807) is 0 Å². The van der Waals surface area contributed by atoms with Crippen LogP contribution in [-0.2, 0) is 5.41 Å². The van der Waals surface area contributed by atoms with E-state index in [2.05, 4.69) is 148 Å². The summed E-state index contributed by atoms with van der Waals surface area (Å²) in [6, 6.07) is 46.6. The van der Waals surface area contributed by atoms with Crippen molar-refractivity contribution in [1.82, 2.24) is 9.13 Å². The molecule has 3 aromatic heterocycles. The Morgan fingerprint density at radius 2 is 1.08 bits per heavy atom. The van der Waals surface area contributed by atoms with Crippen molar-refractivity contribution >= 4 is 76.9 Å². The summed E-state index contributed by atoms with van der Waals surface area (Å²) in [5, 5.41) is 6.76. The van der Waals surface area contributed by atoms with Gasteiger partial charge in [0.2, 0.25) is 0 Å². The molecule has 0 spiro atoms. The van der Waals surface area contributed by atoms with E-state index in [0.717, 1.165) is 71.7 Å². The van der Waals surface area contributed by atoms with Crippen LogP contribution in [0.4, 0.5) is 11.4 Å². The Hall–Kier alpha value is -7.08. The van der Waals surface area contributed by atoms with E-state index in [0.29, 0.717) is 11.4 Å². The summed E-state index contributed by atoms with van der Waals surface area (Å²) in [6.07, 6.45) is 0. The lowest BCUT2D eigenvalue weighted by Crippen LogP contribution is -2.15. The van der Waals surface area contributed by atoms with Crippen LogP contribution in [0.2, 0.25) is 0 Å². The number of hydrogen-bond donors (Lipinski definition) is 0. The van der Waals surface area contributed by atoms with E-state index in [-0.39, 0.29) is 5.41 Å². The van der Waals surface area contributed by atoms with E-state index in [1.807, 2.05) is 18.2 Å². The normalized spacial score (nSPS) is 13.3. The summed E-state index contributed by atoms with van der Waals surface area (Å²) in [5.41, 5.74) is 14.3. The summed E-state index contributed by atoms with van der Waals surface area (Å²) < 4.78 is 11.1. The van der Waals surface area contributed by atoms with Gasteiger partial charge in [0.15, 0.2) is 11.4 Å². The fraction of sp³-hybridized carbons (Fsp3) is 0.0638. The highest BCUT2D eigenvalue weighted by atomic mass is 16.3. The smallest absolute Gasteiger partial charge is 0.188 e. The highest BCUT2D eigenvalue weighted by molar-refractivity contribution is 6.15. The van der Waals surface area contributed by atoms with Crippen molar-refractivity contribution in [2.24, 2.45) is 0 Å². The molecule has 3 heterocycles. The first-order chi connectivity index (χ1) is 25.4. The van der Waals surface area contributed by atoms with Gasteiger partial charge in [-0.05, 0) is 100 Å². The standard InChI is InChI=1S/C47H28N4O/c1-47(2)38-18-13-27(48-3)23-34(38)32-17-20-42-45(46(32)47)33-10-6-8-12-40(33)51(42)30-16-22-44-37(26-30)36-25-29(15-21-43(36)52-44)50-39-11-7-5-9-31(39)35-24-28(49-4)14-19-41(35)50/h5-26H,1-2H3. The summed E-state index contributed by atoms with van der Waals surface area (Å²) in [4.78, 5) is 7.45. The lowest BCUT2D eigenvalue weighted by Gasteiger charge is -2.22. The Labute approximate surface area is 298 Å². The maximum Gasteiger partial charge on any atom is 0.188 e. The fourth-order valence-electron chi connectivity index (χ4n) is 9.06. The third kappa shape index (κ3) is 3.64. The average Bonchev–Trinajstić information content (AvgIpc) is 3.88. The van der Waals surface area contributed by atoms with Gasteiger partial charge in [-0.2, -0.15) is 0 Å². The molecule has 0 fully saturated rings. The maximum absolute atomic E-state index is 7.65. The third-order valence-corrected chi connectivity index (χ3v) is 11.3. The monoisotopic (exact) mass is 664 g/mol. The molecule has 0 unspecified atom stereocenters. The van der Waals surface area contributed by atoms with Crippen LogP contribution in [-0.4, -0.2) is 9.13 Å². The number of nitrogens with zero attached hydrogens (tertiary/aromatic N) is 4. The number of fused-ring (bicyclic) bond motifs is 13. The van der Waals surface area contributed by atoms with Crippen LogP contribution in [0.25, 0.3) is 97.7 Å². The maximum atomic E-state index is 7.65. The van der Waals surface area contributed by atoms with Crippen LogP contribution >= 0.6 is 0 Å². The highest BCUT2D eigenvalue weighted by Crippen LogP contribution is 2.54. The zero-order chi connectivity index (χ0) is 34.9. The van der Waals surface area contributed by atoms with Crippen molar-refractivity contribution in [2.75, 3.05) is 0 Å². The number of para-hydroxylation sites is 2. The van der Waals surface area contributed by atoms with Crippen LogP contribution < -0.4 is 0 Å². The van der Waals surface area contributed by atoms with Crippen molar-refractivity contribution in [2.45, 2.75) is 19.3 Å². The first-order valence-corrected chi connectivity index (χ1v) is 17.4. The van der Waals surface area contributed by atoms with E-state index in [9.17, 15) is 0 Å². The lowest BCUT2D eigenvalue weighted by atomic mass is 9.80. The van der Waals surface area contributed by atoms with Gasteiger partial charge in [0.25, 0.3) is 0 Å². The summed E-state index contributed by atoms with van der Waals surface area (Å²) in [5.74, 6) is 0. The largest absolute Gasteiger partial charge is 0.456 e. The molecule has 1 aliphatic carbocycles. The molecule has 11 rings (SSSR count). The van der Waals surface area contributed by atoms with Crippen LogP contribution in [0.15, 0.2) is 138 Å². The Balaban J connectivity index is 1.15. The molecule has 0 saturated carbocycles. The Kier molecular flexibility index (Phi) is 5.53. The molecule has 7 aromatic carbocycles. The molecule has 0 aliphatic heterocycles. The second-order valence-corrected chi connectivity index (χ2v) is 14.3. The van der Waals surface area contributed by atoms with Gasteiger partial charge in [-0.3, -0.25) is 0 Å². The fourth-order valence-corrected chi connectivity index (χ4v) is 9.06. The molecule has 0 N–H and O–H groups in total. The first-order valence-electron chi connectivity index (χ1n) is 17.4. The zero-order valence-corrected chi connectivity index (χ0v) is 28.4. The Morgan fingerprint density at radius 3 is 1.79 bits per heavy atom. The predicted molar refractivity (Wildman–Crippen MR) is 212 cm³/mol. The van der Waals surface area contributed by atoms with E-state index in [4.69, 9.17) is 17.6 Å². The van der Waals surface area contributed by atoms with Crippen LogP contribution in [0.3, 0.4) is 0 Å². The Morgan fingerprint density at radius 1 is 0.500 bits per heavy atom. The Bertz CT molecular complexity index is 3300. The second-order valence-electron chi connectivity index (χ2n) is 14.3. The van der Waals surface area contributed by atoms with Gasteiger partial charge in [-0.25, -0.2) is 9.69 Å². The molecule has 0 amide bonds. The summed E-state index contributed by atoms with van der Waals surface area (Å²) in [6.45, 7) is 19.9. The van der Waals surface area contributed by atoms with Crippen molar-refractivity contribution in [1.29, 1.82) is 0 Å². The molecule has 0 atom stereocenters. The molecular weight excluding hydrogens is 637 g/mol. The van der Waals surface area contributed by atoms with E-state index < -0.39 is 0 Å². The van der Waals surface area contributed by atoms with Crippen molar-refractivity contribution in [3.05, 3.63) is 167 Å². The minimum absolute atomic E-state index is 0.231. The van der Waals surface area contributed by atoms with Crippen LogP contribution in [0.1, 0.15) is 25.0 Å². The number of hydrogen-bond acceptors (Lipinski definition) is 1. The van der Waals surface area contributed by atoms with Gasteiger partial charge in [-0.1, -0.05) is 74.5 Å². The van der Waals surface area contributed by atoms with Crippen molar-refractivity contribution in [3.63, 3.8) is 0 Å². The molecule has 0 bridgehead atoms. The van der Waals surface area contributed by atoms with Crippen LogP contribution in [0.5, 0.6) is 0 Å². The van der Waals surface area contributed by atoms with Gasteiger partial charge in [0, 0.05) is 43.7 Å². The summed E-state index contributed by atoms with van der Waals surface area (Å²) >= 11 is 0. The molecule has 10 aromatic rings. The number of benzene rings is 7. The SMILES string of the molecule is [C-]#[N+]c1ccc2c(c1)-c1ccc3c(c1C2(C)C)c1ccccc1n3-c1ccc2oc3ccc(-n4c5ccccc5c5cc([N+]#[C-])ccc54)cc3c2c1. The van der Waals surface area contributed by atoms with Crippen LogP contribution in [0, 0.1) is 13.1 Å². The number of furan rings is 1. The second kappa shape index (κ2) is 10.0. The molecule has 1 aliphatic rings. The van der Waals surface area contributed by atoms with Crippen molar-refractivity contribution < 1.29 is 4.42 Å². The first kappa shape index (κ1) is 28.7. The quantitative estimate of drug-likeness (QED) is 0.169. The van der Waals surface area contributed by atoms with Crippen molar-refractivity contribution in [3.8, 4) is 22.5 Å². The molecule has 52 heavy (non-hydrogen) atoms. The summed E-state index contributed by atoms with van der Waals surface area (Å²) in [7, 11) is 0. The molecule has 242 valence electrons. The molecule has 5 heteroatoms. The topological polar surface area (TPSA) is 31.7 Å². The molecular formula is C47H28N4O. The highest BCUT2D eigenvalue weighted by Gasteiger charge is 2.38. The average molecular weight is 665 g/mol. The molecule has 5 nitrogen and oxygen atoms in total. The van der Waals surface area contributed by atoms with Gasteiger partial charge in [-0.15, -0.1) is 0 Å². The number of aromatic nitrogens is 2.